The highest BCUT2D eigenvalue weighted by Gasteiger charge is 2.04. The quantitative estimate of drug-likeness (QED) is 0.662. The van der Waals surface area contributed by atoms with E-state index in [0.717, 1.165) is 11.3 Å². The molecule has 0 fully saturated rings. The highest BCUT2D eigenvalue weighted by Crippen LogP contribution is 2.24. The molecule has 19 heavy (non-hydrogen) atoms. The van der Waals surface area contributed by atoms with Gasteiger partial charge in [-0.2, -0.15) is 0 Å². The first kappa shape index (κ1) is 11.7. The van der Waals surface area contributed by atoms with Gasteiger partial charge in [0.2, 0.25) is 0 Å². The minimum absolute atomic E-state index is 0.692. The minimum atomic E-state index is 0.692. The lowest BCUT2D eigenvalue weighted by molar-refractivity contribution is 0.521. The van der Waals surface area contributed by atoms with Crippen LogP contribution in [0, 0.1) is 13.8 Å². The molecule has 0 aliphatic rings. The highest BCUT2D eigenvalue weighted by atomic mass is 16.3. The molecule has 94 valence electrons. The molecular formula is C17H15NO. The number of benzene rings is 2. The van der Waals surface area contributed by atoms with Gasteiger partial charge in [-0.3, -0.25) is 0 Å². The van der Waals surface area contributed by atoms with E-state index in [1.165, 1.54) is 16.7 Å². The summed E-state index contributed by atoms with van der Waals surface area (Å²) in [4.78, 5) is 4.33. The maximum absolute atomic E-state index is 5.24. The molecule has 0 saturated carbocycles. The molecule has 0 aliphatic heterocycles. The van der Waals surface area contributed by atoms with Gasteiger partial charge in [-0.05, 0) is 18.1 Å². The summed E-state index contributed by atoms with van der Waals surface area (Å²) < 4.78 is 5.24. The van der Waals surface area contributed by atoms with E-state index in [2.05, 4.69) is 60.4 Å². The Morgan fingerprint density at radius 2 is 1.58 bits per heavy atom. The van der Waals surface area contributed by atoms with E-state index in [-0.39, 0.29) is 0 Å². The van der Waals surface area contributed by atoms with Crippen LogP contribution < -0.4 is 0 Å². The molecule has 1 heterocycles. The molecule has 1 aromatic heterocycles. The summed E-state index contributed by atoms with van der Waals surface area (Å²) in [5, 5.41) is 0. The van der Waals surface area contributed by atoms with Crippen molar-refractivity contribution in [1.82, 2.24) is 4.98 Å². The van der Waals surface area contributed by atoms with Crippen LogP contribution in [0.1, 0.15) is 11.5 Å². The summed E-state index contributed by atoms with van der Waals surface area (Å²) in [6.45, 7) is 3.96. The number of hydrogen-bond donors (Lipinski definition) is 0. The first-order valence-electron chi connectivity index (χ1n) is 6.32. The molecule has 0 atom stereocenters. The van der Waals surface area contributed by atoms with Gasteiger partial charge in [-0.1, -0.05) is 54.1 Å². The second-order valence-electron chi connectivity index (χ2n) is 4.70. The second kappa shape index (κ2) is 4.73. The Balaban J connectivity index is 1.95. The van der Waals surface area contributed by atoms with Crippen LogP contribution in [0.15, 0.2) is 59.2 Å². The molecule has 0 saturated heterocycles. The van der Waals surface area contributed by atoms with E-state index in [1.807, 2.05) is 6.92 Å². The van der Waals surface area contributed by atoms with Gasteiger partial charge in [0.15, 0.2) is 5.89 Å². The standard InChI is InChI=1S/C17H15NO/c1-12-4-3-5-16(10-12)14-6-8-15(9-7-14)17-11-19-13(2)18-17/h3-11H,1-2H3. The molecule has 0 N–H and O–H groups in total. The Morgan fingerprint density at radius 3 is 2.21 bits per heavy atom. The van der Waals surface area contributed by atoms with Crippen molar-refractivity contribution in [2.75, 3.05) is 0 Å². The lowest BCUT2D eigenvalue weighted by Gasteiger charge is -2.04. The van der Waals surface area contributed by atoms with Crippen molar-refractivity contribution in [3.8, 4) is 22.4 Å². The lowest BCUT2D eigenvalue weighted by Crippen LogP contribution is -1.81. The number of aromatic nitrogens is 1. The molecule has 0 bridgehead atoms. The van der Waals surface area contributed by atoms with Crippen molar-refractivity contribution in [1.29, 1.82) is 0 Å². The molecule has 0 radical (unpaired) electrons. The van der Waals surface area contributed by atoms with Crippen molar-refractivity contribution in [2.24, 2.45) is 0 Å². The Bertz CT molecular complexity index is 695. The first-order chi connectivity index (χ1) is 9.22. The first-order valence-corrected chi connectivity index (χ1v) is 6.32. The summed E-state index contributed by atoms with van der Waals surface area (Å²) in [5.74, 6) is 0.692. The number of oxazole rings is 1. The van der Waals surface area contributed by atoms with Crippen LogP contribution >= 0.6 is 0 Å². The van der Waals surface area contributed by atoms with E-state index in [0.29, 0.717) is 5.89 Å². The molecule has 3 aromatic rings. The van der Waals surface area contributed by atoms with Crippen molar-refractivity contribution in [2.45, 2.75) is 13.8 Å². The summed E-state index contributed by atoms with van der Waals surface area (Å²) in [6.07, 6.45) is 1.69. The van der Waals surface area contributed by atoms with E-state index >= 15 is 0 Å². The van der Waals surface area contributed by atoms with Crippen molar-refractivity contribution < 1.29 is 4.42 Å². The molecule has 2 aromatic carbocycles. The van der Waals surface area contributed by atoms with Gasteiger partial charge in [0.1, 0.15) is 12.0 Å². The van der Waals surface area contributed by atoms with E-state index < -0.39 is 0 Å². The lowest BCUT2D eigenvalue weighted by atomic mass is 10.0. The van der Waals surface area contributed by atoms with Crippen molar-refractivity contribution >= 4 is 0 Å². The zero-order chi connectivity index (χ0) is 13.2. The van der Waals surface area contributed by atoms with E-state index in [9.17, 15) is 0 Å². The number of nitrogens with zero attached hydrogens (tertiary/aromatic N) is 1. The smallest absolute Gasteiger partial charge is 0.191 e. The fourth-order valence-electron chi connectivity index (χ4n) is 2.15. The van der Waals surface area contributed by atoms with Crippen LogP contribution in [0.4, 0.5) is 0 Å². The maximum Gasteiger partial charge on any atom is 0.191 e. The normalized spacial score (nSPS) is 10.6. The van der Waals surface area contributed by atoms with Crippen LogP contribution in [-0.2, 0) is 0 Å². The van der Waals surface area contributed by atoms with Gasteiger partial charge in [0.25, 0.3) is 0 Å². The monoisotopic (exact) mass is 249 g/mol. The van der Waals surface area contributed by atoms with Crippen LogP contribution in [-0.4, -0.2) is 4.98 Å². The third-order valence-corrected chi connectivity index (χ3v) is 3.15. The largest absolute Gasteiger partial charge is 0.449 e. The molecule has 3 rings (SSSR count). The third-order valence-electron chi connectivity index (χ3n) is 3.15. The summed E-state index contributed by atoms with van der Waals surface area (Å²) >= 11 is 0. The van der Waals surface area contributed by atoms with Gasteiger partial charge in [-0.25, -0.2) is 4.98 Å². The average Bonchev–Trinajstić information content (AvgIpc) is 2.86. The van der Waals surface area contributed by atoms with Crippen LogP contribution in [0.25, 0.3) is 22.4 Å². The summed E-state index contributed by atoms with van der Waals surface area (Å²) in [7, 11) is 0. The van der Waals surface area contributed by atoms with Gasteiger partial charge < -0.3 is 4.42 Å². The van der Waals surface area contributed by atoms with Crippen molar-refractivity contribution in [3.05, 3.63) is 66.2 Å². The predicted molar refractivity (Wildman–Crippen MR) is 76.8 cm³/mol. The Morgan fingerprint density at radius 1 is 0.842 bits per heavy atom. The fourth-order valence-corrected chi connectivity index (χ4v) is 2.15. The highest BCUT2D eigenvalue weighted by molar-refractivity contribution is 5.68. The van der Waals surface area contributed by atoms with Gasteiger partial charge in [0.05, 0.1) is 0 Å². The predicted octanol–water partition coefficient (Wildman–Crippen LogP) is 4.63. The number of aryl methyl sites for hydroxylation is 2. The maximum atomic E-state index is 5.24. The SMILES string of the molecule is Cc1cccc(-c2ccc(-c3coc(C)n3)cc2)c1. The average molecular weight is 249 g/mol. The molecule has 0 unspecified atom stereocenters. The van der Waals surface area contributed by atoms with Crippen LogP contribution in [0.2, 0.25) is 0 Å². The van der Waals surface area contributed by atoms with Gasteiger partial charge >= 0.3 is 0 Å². The topological polar surface area (TPSA) is 26.0 Å². The molecule has 0 aliphatic carbocycles. The van der Waals surface area contributed by atoms with E-state index in [1.54, 1.807) is 6.26 Å². The zero-order valence-electron chi connectivity index (χ0n) is 11.1. The Hall–Kier alpha value is -2.35. The van der Waals surface area contributed by atoms with Crippen LogP contribution in [0.5, 0.6) is 0 Å². The fraction of sp³-hybridized carbons (Fsp3) is 0.118. The second-order valence-corrected chi connectivity index (χ2v) is 4.70. The Labute approximate surface area is 112 Å². The van der Waals surface area contributed by atoms with E-state index in [4.69, 9.17) is 4.42 Å². The molecule has 2 nitrogen and oxygen atoms in total. The third kappa shape index (κ3) is 2.43. The number of rotatable bonds is 2. The Kier molecular flexibility index (Phi) is 2.92. The summed E-state index contributed by atoms with van der Waals surface area (Å²) in [5.41, 5.74) is 5.69. The van der Waals surface area contributed by atoms with Gasteiger partial charge in [-0.15, -0.1) is 0 Å². The molecule has 0 amide bonds. The van der Waals surface area contributed by atoms with Crippen LogP contribution in [0.3, 0.4) is 0 Å². The zero-order valence-corrected chi connectivity index (χ0v) is 11.1. The molecule has 0 spiro atoms. The van der Waals surface area contributed by atoms with Gasteiger partial charge in [0, 0.05) is 12.5 Å². The number of hydrogen-bond acceptors (Lipinski definition) is 2. The summed E-state index contributed by atoms with van der Waals surface area (Å²) in [6, 6.07) is 16.9. The van der Waals surface area contributed by atoms with Crippen molar-refractivity contribution in [3.63, 3.8) is 0 Å². The molecule has 2 heteroatoms. The minimum Gasteiger partial charge on any atom is -0.449 e. The molecular weight excluding hydrogens is 234 g/mol.